The van der Waals surface area contributed by atoms with Gasteiger partial charge in [-0.05, 0) is 52.7 Å². The summed E-state index contributed by atoms with van der Waals surface area (Å²) in [5.41, 5.74) is 3.26. The lowest BCUT2D eigenvalue weighted by Gasteiger charge is -2.08. The van der Waals surface area contributed by atoms with E-state index in [4.69, 9.17) is 4.74 Å². The number of anilines is 1. The van der Waals surface area contributed by atoms with Gasteiger partial charge >= 0.3 is 0 Å². The van der Waals surface area contributed by atoms with Gasteiger partial charge in [-0.3, -0.25) is 14.2 Å². The van der Waals surface area contributed by atoms with Crippen molar-refractivity contribution in [1.29, 1.82) is 0 Å². The minimum absolute atomic E-state index is 0.184. The van der Waals surface area contributed by atoms with Crippen molar-refractivity contribution in [2.75, 3.05) is 5.32 Å². The molecule has 1 amide bonds. The first-order chi connectivity index (χ1) is 15.1. The molecule has 0 aliphatic carbocycles. The number of carbonyl (C=O) groups is 1. The molecule has 0 aliphatic rings. The van der Waals surface area contributed by atoms with Crippen LogP contribution in [-0.4, -0.2) is 25.5 Å². The largest absolute Gasteiger partial charge is 0.488 e. The van der Waals surface area contributed by atoms with Crippen molar-refractivity contribution < 1.29 is 9.53 Å². The molecule has 4 aromatic rings. The molecule has 0 saturated heterocycles. The number of nitrogens with zero attached hydrogens (tertiary/aromatic N) is 4. The Morgan fingerprint density at radius 1 is 1.00 bits per heavy atom. The predicted molar refractivity (Wildman–Crippen MR) is 122 cm³/mol. The molecule has 1 N–H and O–H groups in total. The lowest BCUT2D eigenvalue weighted by atomic mass is 10.1. The van der Waals surface area contributed by atoms with E-state index in [1.807, 2.05) is 60.4 Å². The van der Waals surface area contributed by atoms with Gasteiger partial charge in [0.2, 0.25) is 0 Å². The van der Waals surface area contributed by atoms with Crippen molar-refractivity contribution in [1.82, 2.24) is 19.6 Å². The molecule has 8 heteroatoms. The number of rotatable bonds is 8. The van der Waals surface area contributed by atoms with Crippen LogP contribution in [0.1, 0.15) is 28.4 Å². The maximum absolute atomic E-state index is 12.6. The molecule has 0 aliphatic heterocycles. The number of aromatic nitrogens is 4. The number of para-hydroxylation sites is 1. The van der Waals surface area contributed by atoms with Gasteiger partial charge in [-0.1, -0.05) is 24.3 Å². The summed E-state index contributed by atoms with van der Waals surface area (Å²) in [6.45, 7) is 3.89. The summed E-state index contributed by atoms with van der Waals surface area (Å²) in [5.74, 6) is 0.597. The molecule has 0 bridgehead atoms. The number of halogens is 1. The van der Waals surface area contributed by atoms with Gasteiger partial charge in [0.15, 0.2) is 0 Å². The van der Waals surface area contributed by atoms with Gasteiger partial charge in [0.25, 0.3) is 5.91 Å². The average Bonchev–Trinajstić information content (AvgIpc) is 3.43. The van der Waals surface area contributed by atoms with E-state index in [9.17, 15) is 4.79 Å². The molecule has 4 rings (SSSR count). The Morgan fingerprint density at radius 3 is 2.52 bits per heavy atom. The van der Waals surface area contributed by atoms with E-state index in [1.165, 1.54) is 0 Å². The van der Waals surface area contributed by atoms with Crippen LogP contribution >= 0.6 is 15.9 Å². The molecule has 2 aromatic carbocycles. The molecule has 0 unspecified atom stereocenters. The highest BCUT2D eigenvalue weighted by molar-refractivity contribution is 9.10. The number of hydrogen-bond acceptors (Lipinski definition) is 4. The van der Waals surface area contributed by atoms with Crippen LogP contribution in [0.5, 0.6) is 5.75 Å². The summed E-state index contributed by atoms with van der Waals surface area (Å²) in [5, 5.41) is 11.5. The summed E-state index contributed by atoms with van der Waals surface area (Å²) in [4.78, 5) is 12.6. The Hall–Kier alpha value is -3.39. The molecule has 158 valence electrons. The number of benzene rings is 2. The number of carbonyl (C=O) groups excluding carboxylic acids is 1. The summed E-state index contributed by atoms with van der Waals surface area (Å²) >= 11 is 3.47. The maximum atomic E-state index is 12.6. The Morgan fingerprint density at radius 2 is 1.77 bits per heavy atom. The third-order valence-electron chi connectivity index (χ3n) is 4.69. The Kier molecular flexibility index (Phi) is 6.47. The molecule has 0 saturated carbocycles. The molecule has 0 fully saturated rings. The summed E-state index contributed by atoms with van der Waals surface area (Å²) in [6.07, 6.45) is 7.26. The van der Waals surface area contributed by atoms with Crippen molar-refractivity contribution in [2.45, 2.75) is 26.6 Å². The van der Waals surface area contributed by atoms with Crippen LogP contribution in [0, 0.1) is 0 Å². The van der Waals surface area contributed by atoms with E-state index in [0.29, 0.717) is 24.4 Å². The van der Waals surface area contributed by atoms with Crippen LogP contribution in [-0.2, 0) is 19.7 Å². The summed E-state index contributed by atoms with van der Waals surface area (Å²) < 4.78 is 10.4. The van der Waals surface area contributed by atoms with E-state index in [2.05, 4.69) is 31.4 Å². The second-order valence-corrected chi connectivity index (χ2v) is 7.86. The topological polar surface area (TPSA) is 74.0 Å². The monoisotopic (exact) mass is 479 g/mol. The smallest absolute Gasteiger partial charge is 0.255 e. The van der Waals surface area contributed by atoms with Crippen LogP contribution < -0.4 is 10.1 Å². The van der Waals surface area contributed by atoms with E-state index >= 15 is 0 Å². The Balaban J connectivity index is 1.32. The number of hydrogen-bond donors (Lipinski definition) is 1. The van der Waals surface area contributed by atoms with Gasteiger partial charge in [0, 0.05) is 30.1 Å². The highest BCUT2D eigenvalue weighted by atomic mass is 79.9. The normalized spacial score (nSPS) is 10.8. The van der Waals surface area contributed by atoms with Gasteiger partial charge < -0.3 is 10.1 Å². The van der Waals surface area contributed by atoms with E-state index in [0.717, 1.165) is 27.9 Å². The maximum Gasteiger partial charge on any atom is 0.255 e. The van der Waals surface area contributed by atoms with Gasteiger partial charge in [0.1, 0.15) is 12.4 Å². The van der Waals surface area contributed by atoms with Gasteiger partial charge in [-0.15, -0.1) is 0 Å². The number of aryl methyl sites for hydroxylation is 1. The van der Waals surface area contributed by atoms with Crippen molar-refractivity contribution in [3.8, 4) is 5.75 Å². The molecule has 0 atom stereocenters. The molecule has 0 spiro atoms. The van der Waals surface area contributed by atoms with Crippen LogP contribution in [0.2, 0.25) is 0 Å². The molecule has 2 heterocycles. The minimum atomic E-state index is -0.184. The van der Waals surface area contributed by atoms with E-state index < -0.39 is 0 Å². The fourth-order valence-corrected chi connectivity index (χ4v) is 3.44. The van der Waals surface area contributed by atoms with Crippen molar-refractivity contribution in [3.63, 3.8) is 0 Å². The van der Waals surface area contributed by atoms with Crippen molar-refractivity contribution in [3.05, 3.63) is 94.5 Å². The minimum Gasteiger partial charge on any atom is -0.488 e. The van der Waals surface area contributed by atoms with Crippen LogP contribution in [0.3, 0.4) is 0 Å². The lowest BCUT2D eigenvalue weighted by Crippen LogP contribution is -2.11. The first-order valence-corrected chi connectivity index (χ1v) is 10.7. The van der Waals surface area contributed by atoms with E-state index in [1.54, 1.807) is 29.2 Å². The third kappa shape index (κ3) is 5.40. The zero-order valence-corrected chi connectivity index (χ0v) is 18.6. The highest BCUT2D eigenvalue weighted by Crippen LogP contribution is 2.24. The van der Waals surface area contributed by atoms with Crippen molar-refractivity contribution in [2.24, 2.45) is 0 Å². The molecule has 2 aromatic heterocycles. The zero-order valence-electron chi connectivity index (χ0n) is 17.0. The van der Waals surface area contributed by atoms with Crippen LogP contribution in [0.25, 0.3) is 0 Å². The first kappa shape index (κ1) is 20.9. The number of nitrogens with one attached hydrogen (secondary N) is 1. The second kappa shape index (κ2) is 9.61. The lowest BCUT2D eigenvalue weighted by molar-refractivity contribution is 0.102. The molecular weight excluding hydrogens is 458 g/mol. The van der Waals surface area contributed by atoms with Crippen molar-refractivity contribution >= 4 is 27.5 Å². The highest BCUT2D eigenvalue weighted by Gasteiger charge is 2.09. The molecule has 31 heavy (non-hydrogen) atoms. The average molecular weight is 480 g/mol. The molecule has 7 nitrogen and oxygen atoms in total. The number of ether oxygens (including phenoxy) is 1. The third-order valence-corrected chi connectivity index (χ3v) is 5.35. The Bertz CT molecular complexity index is 1170. The summed E-state index contributed by atoms with van der Waals surface area (Å²) in [6, 6.07) is 15.1. The first-order valence-electron chi connectivity index (χ1n) is 9.92. The second-order valence-electron chi connectivity index (χ2n) is 7.00. The SMILES string of the molecule is CCn1cc(Cn2cc(NC(=O)c3ccc(COc4ccccc4Br)cc3)cn2)cn1. The quantitative estimate of drug-likeness (QED) is 0.395. The van der Waals surface area contributed by atoms with Gasteiger partial charge in [-0.2, -0.15) is 10.2 Å². The van der Waals surface area contributed by atoms with Gasteiger partial charge in [-0.25, -0.2) is 0 Å². The predicted octanol–water partition coefficient (Wildman–Crippen LogP) is 4.74. The summed E-state index contributed by atoms with van der Waals surface area (Å²) in [7, 11) is 0. The van der Waals surface area contributed by atoms with E-state index in [-0.39, 0.29) is 5.91 Å². The number of amides is 1. The zero-order chi connectivity index (χ0) is 21.6. The Labute approximate surface area is 188 Å². The fourth-order valence-electron chi connectivity index (χ4n) is 3.04. The van der Waals surface area contributed by atoms with Crippen LogP contribution in [0.15, 0.2) is 77.8 Å². The standard InChI is InChI=1S/C23H22BrN5O2/c1-2-28-13-18(11-25-28)14-29-15-20(12-26-29)27-23(30)19-9-7-17(8-10-19)16-31-22-6-4-3-5-21(22)24/h3-13,15H,2,14,16H2,1H3,(H,27,30). The molecular formula is C23H22BrN5O2. The fraction of sp³-hybridized carbons (Fsp3) is 0.174. The van der Waals surface area contributed by atoms with Gasteiger partial charge in [0.05, 0.1) is 29.1 Å². The van der Waals surface area contributed by atoms with Crippen LogP contribution in [0.4, 0.5) is 5.69 Å². The molecule has 0 radical (unpaired) electrons.